The highest BCUT2D eigenvalue weighted by Gasteiger charge is 2.22. The Balaban J connectivity index is 1.54. The first kappa shape index (κ1) is 20.0. The summed E-state index contributed by atoms with van der Waals surface area (Å²) in [7, 11) is 0. The number of hydrazine groups is 1. The van der Waals surface area contributed by atoms with Gasteiger partial charge in [0.2, 0.25) is 6.79 Å². The van der Waals surface area contributed by atoms with Gasteiger partial charge in [-0.05, 0) is 29.8 Å². The number of nitrogens with one attached hydrogen (secondary N) is 1. The lowest BCUT2D eigenvalue weighted by Crippen LogP contribution is -2.41. The van der Waals surface area contributed by atoms with Gasteiger partial charge in [0, 0.05) is 6.08 Å². The molecule has 3 aromatic rings. The summed E-state index contributed by atoms with van der Waals surface area (Å²) in [6.07, 6.45) is 2.65. The van der Waals surface area contributed by atoms with Crippen molar-refractivity contribution >= 4 is 23.4 Å². The van der Waals surface area contributed by atoms with Crippen LogP contribution in [-0.2, 0) is 11.3 Å². The molecule has 31 heavy (non-hydrogen) atoms. The lowest BCUT2D eigenvalue weighted by molar-refractivity contribution is -0.385. The Hall–Kier alpha value is -4.33. The van der Waals surface area contributed by atoms with Gasteiger partial charge >= 0.3 is 0 Å². The van der Waals surface area contributed by atoms with Crippen molar-refractivity contribution in [3.05, 3.63) is 100 Å². The molecule has 0 saturated carbocycles. The number of carbonyl (C=O) groups excluding carboxylic acids is 1. The minimum absolute atomic E-state index is 0.00562. The van der Waals surface area contributed by atoms with Gasteiger partial charge < -0.3 is 9.47 Å². The van der Waals surface area contributed by atoms with Gasteiger partial charge in [0.15, 0.2) is 11.5 Å². The third-order valence-corrected chi connectivity index (χ3v) is 4.63. The van der Waals surface area contributed by atoms with E-state index in [9.17, 15) is 14.9 Å². The maximum Gasteiger partial charge on any atom is 0.280 e. The number of para-hydroxylation sites is 1. The highest BCUT2D eigenvalue weighted by atomic mass is 16.7. The summed E-state index contributed by atoms with van der Waals surface area (Å²) in [5.74, 6) is 0.291. The molecule has 0 aliphatic carbocycles. The molecular formula is C23H19N3O5. The van der Waals surface area contributed by atoms with Crippen LogP contribution in [0.5, 0.6) is 11.5 Å². The largest absolute Gasteiger partial charge is 0.454 e. The van der Waals surface area contributed by atoms with Crippen molar-refractivity contribution in [2.45, 2.75) is 6.54 Å². The molecule has 156 valence electrons. The van der Waals surface area contributed by atoms with Gasteiger partial charge in [-0.1, -0.05) is 48.5 Å². The lowest BCUT2D eigenvalue weighted by atomic mass is 10.1. The molecule has 1 amide bonds. The third kappa shape index (κ3) is 4.81. The van der Waals surface area contributed by atoms with Crippen LogP contribution in [0, 0.1) is 10.1 Å². The van der Waals surface area contributed by atoms with Gasteiger partial charge in [0.05, 0.1) is 28.8 Å². The first-order valence-corrected chi connectivity index (χ1v) is 9.53. The minimum Gasteiger partial charge on any atom is -0.454 e. The number of nitrogens with zero attached hydrogens (tertiary/aromatic N) is 2. The molecule has 8 heteroatoms. The predicted molar refractivity (Wildman–Crippen MR) is 115 cm³/mol. The van der Waals surface area contributed by atoms with Crippen molar-refractivity contribution in [3.63, 3.8) is 0 Å². The second-order valence-corrected chi connectivity index (χ2v) is 6.74. The normalized spacial score (nSPS) is 12.0. The summed E-state index contributed by atoms with van der Waals surface area (Å²) < 4.78 is 10.5. The van der Waals surface area contributed by atoms with Gasteiger partial charge in [-0.15, -0.1) is 0 Å². The zero-order chi connectivity index (χ0) is 21.6. The smallest absolute Gasteiger partial charge is 0.280 e. The van der Waals surface area contributed by atoms with Crippen LogP contribution in [0.15, 0.2) is 78.9 Å². The molecule has 1 heterocycles. The van der Waals surface area contributed by atoms with Crippen LogP contribution in [0.25, 0.3) is 6.08 Å². The molecule has 1 aliphatic rings. The van der Waals surface area contributed by atoms with Crippen molar-refractivity contribution in [1.82, 2.24) is 5.43 Å². The van der Waals surface area contributed by atoms with Crippen molar-refractivity contribution in [2.75, 3.05) is 11.8 Å². The summed E-state index contributed by atoms with van der Waals surface area (Å²) >= 11 is 0. The summed E-state index contributed by atoms with van der Waals surface area (Å²) in [6, 6.07) is 21.9. The Labute approximate surface area is 178 Å². The molecule has 0 radical (unpaired) electrons. The molecule has 3 aromatic carbocycles. The quantitative estimate of drug-likeness (QED) is 0.354. The number of rotatable bonds is 7. The summed E-state index contributed by atoms with van der Waals surface area (Å²) in [5.41, 5.74) is 4.74. The number of amides is 1. The van der Waals surface area contributed by atoms with Gasteiger partial charge in [-0.2, -0.15) is 0 Å². The number of fused-ring (bicyclic) bond motifs is 1. The summed E-state index contributed by atoms with van der Waals surface area (Å²) in [5, 5.41) is 13.1. The monoisotopic (exact) mass is 417 g/mol. The number of anilines is 1. The molecule has 0 spiro atoms. The molecule has 0 fully saturated rings. The molecule has 0 unspecified atom stereocenters. The standard InChI is InChI=1S/C23H19N3O5/c27-23(12-11-18-13-21-22(31-16-30-21)14-20(18)26(28)29)24-25(19-9-5-2-6-10-19)15-17-7-3-1-4-8-17/h1-14H,15-16H2,(H,24,27)/b12-11+. The number of benzene rings is 3. The van der Waals surface area contributed by atoms with Crippen LogP contribution in [0.2, 0.25) is 0 Å². The van der Waals surface area contributed by atoms with E-state index < -0.39 is 10.8 Å². The van der Waals surface area contributed by atoms with E-state index in [1.807, 2.05) is 60.7 Å². The number of ether oxygens (including phenoxy) is 2. The van der Waals surface area contributed by atoms with E-state index in [4.69, 9.17) is 9.47 Å². The fourth-order valence-electron chi connectivity index (χ4n) is 3.14. The SMILES string of the molecule is O=C(/C=C/c1cc2c(cc1[N+](=O)[O-])OCO2)NN(Cc1ccccc1)c1ccccc1. The number of nitro benzene ring substituents is 1. The zero-order valence-corrected chi connectivity index (χ0v) is 16.4. The Bertz CT molecular complexity index is 1120. The predicted octanol–water partition coefficient (Wildman–Crippen LogP) is 4.07. The number of nitro groups is 1. The van der Waals surface area contributed by atoms with Gasteiger partial charge in [0.1, 0.15) is 0 Å². The Kier molecular flexibility index (Phi) is 5.79. The Morgan fingerprint density at radius 1 is 1.03 bits per heavy atom. The zero-order valence-electron chi connectivity index (χ0n) is 16.4. The van der Waals surface area contributed by atoms with Gasteiger partial charge in [0.25, 0.3) is 11.6 Å². The first-order chi connectivity index (χ1) is 15.1. The summed E-state index contributed by atoms with van der Waals surface area (Å²) in [4.78, 5) is 23.5. The number of carbonyl (C=O) groups is 1. The average Bonchev–Trinajstić information content (AvgIpc) is 3.25. The van der Waals surface area contributed by atoms with Crippen LogP contribution in [0.1, 0.15) is 11.1 Å². The van der Waals surface area contributed by atoms with Crippen LogP contribution < -0.4 is 19.9 Å². The van der Waals surface area contributed by atoms with E-state index >= 15 is 0 Å². The fraction of sp³-hybridized carbons (Fsp3) is 0.0870. The van der Waals surface area contributed by atoms with Crippen LogP contribution in [-0.4, -0.2) is 17.6 Å². The number of hydrogen-bond donors (Lipinski definition) is 1. The maximum absolute atomic E-state index is 12.6. The second-order valence-electron chi connectivity index (χ2n) is 6.74. The highest BCUT2D eigenvalue weighted by molar-refractivity contribution is 5.93. The van der Waals surface area contributed by atoms with Crippen LogP contribution in [0.4, 0.5) is 11.4 Å². The van der Waals surface area contributed by atoms with Crippen molar-refractivity contribution < 1.29 is 19.2 Å². The first-order valence-electron chi connectivity index (χ1n) is 9.53. The lowest BCUT2D eigenvalue weighted by Gasteiger charge is -2.25. The molecule has 1 N–H and O–H groups in total. The van der Waals surface area contributed by atoms with Crippen LogP contribution in [0.3, 0.4) is 0 Å². The van der Waals surface area contributed by atoms with Crippen molar-refractivity contribution in [1.29, 1.82) is 0 Å². The van der Waals surface area contributed by atoms with Crippen LogP contribution >= 0.6 is 0 Å². The molecule has 0 atom stereocenters. The molecular weight excluding hydrogens is 398 g/mol. The Morgan fingerprint density at radius 3 is 2.35 bits per heavy atom. The number of hydrogen-bond acceptors (Lipinski definition) is 6. The van der Waals surface area contributed by atoms with Gasteiger partial charge in [-0.25, -0.2) is 0 Å². The second kappa shape index (κ2) is 9.00. The van der Waals surface area contributed by atoms with Gasteiger partial charge in [-0.3, -0.25) is 25.3 Å². The van der Waals surface area contributed by atoms with E-state index in [0.29, 0.717) is 18.0 Å². The van der Waals surface area contributed by atoms with E-state index in [-0.39, 0.29) is 18.0 Å². The van der Waals surface area contributed by atoms with E-state index in [1.165, 1.54) is 24.3 Å². The van der Waals surface area contributed by atoms with E-state index in [1.54, 1.807) is 5.01 Å². The molecule has 0 saturated heterocycles. The minimum atomic E-state index is -0.523. The van der Waals surface area contributed by atoms with Crippen molar-refractivity contribution in [3.8, 4) is 11.5 Å². The van der Waals surface area contributed by atoms with E-state index in [0.717, 1.165) is 11.3 Å². The Morgan fingerprint density at radius 2 is 1.68 bits per heavy atom. The van der Waals surface area contributed by atoms with Crippen molar-refractivity contribution in [2.24, 2.45) is 0 Å². The fourth-order valence-corrected chi connectivity index (χ4v) is 3.14. The topological polar surface area (TPSA) is 93.9 Å². The molecule has 8 nitrogen and oxygen atoms in total. The molecule has 0 bridgehead atoms. The average molecular weight is 417 g/mol. The summed E-state index contributed by atoms with van der Waals surface area (Å²) in [6.45, 7) is 0.459. The molecule has 0 aromatic heterocycles. The maximum atomic E-state index is 12.6. The third-order valence-electron chi connectivity index (χ3n) is 4.63. The van der Waals surface area contributed by atoms with E-state index in [2.05, 4.69) is 5.43 Å². The highest BCUT2D eigenvalue weighted by Crippen LogP contribution is 2.38. The molecule has 4 rings (SSSR count). The molecule has 1 aliphatic heterocycles.